The molecule has 2 aromatic carbocycles. The van der Waals surface area contributed by atoms with Gasteiger partial charge in [0.2, 0.25) is 0 Å². The van der Waals surface area contributed by atoms with E-state index in [1.54, 1.807) is 31.2 Å². The maximum atomic E-state index is 13.2. The lowest BCUT2D eigenvalue weighted by atomic mass is 9.99. The minimum absolute atomic E-state index is 0.00318. The Morgan fingerprint density at radius 2 is 1.81 bits per heavy atom. The van der Waals surface area contributed by atoms with Crippen molar-refractivity contribution in [2.45, 2.75) is 25.6 Å². The molecule has 1 N–H and O–H groups in total. The van der Waals surface area contributed by atoms with Crippen LogP contribution in [0.4, 0.5) is 13.2 Å². The number of halogens is 4. The highest BCUT2D eigenvalue weighted by Gasteiger charge is 2.32. The van der Waals surface area contributed by atoms with E-state index in [1.165, 1.54) is 22.8 Å². The molecule has 3 heterocycles. The van der Waals surface area contributed by atoms with Crippen LogP contribution >= 0.6 is 11.6 Å². The molecule has 1 amide bonds. The number of benzene rings is 2. The first-order valence-corrected chi connectivity index (χ1v) is 13.5. The van der Waals surface area contributed by atoms with Gasteiger partial charge in [-0.25, -0.2) is 17.9 Å². The smallest absolute Gasteiger partial charge is 0.348 e. The lowest BCUT2D eigenvalue weighted by molar-refractivity contribution is -0.137. The largest absolute Gasteiger partial charge is 0.416 e. The lowest BCUT2D eigenvalue weighted by Crippen LogP contribution is -2.35. The molecule has 2 aromatic heterocycles. The summed E-state index contributed by atoms with van der Waals surface area (Å²) in [6.07, 6.45) is -2.69. The Morgan fingerprint density at radius 3 is 2.43 bits per heavy atom. The minimum Gasteiger partial charge on any atom is -0.348 e. The van der Waals surface area contributed by atoms with E-state index in [2.05, 4.69) is 15.4 Å². The van der Waals surface area contributed by atoms with Crippen molar-refractivity contribution >= 4 is 33.0 Å². The number of aromatic nitrogens is 3. The highest BCUT2D eigenvalue weighted by Crippen LogP contribution is 2.38. The third kappa shape index (κ3) is 4.80. The molecule has 1 unspecified atom stereocenters. The average molecular weight is 549 g/mol. The number of carbonyl (C=O) groups is 1. The Balaban J connectivity index is 1.67. The summed E-state index contributed by atoms with van der Waals surface area (Å²) >= 11 is 6.44. The Bertz CT molecular complexity index is 1630. The molecule has 4 aromatic rings. The van der Waals surface area contributed by atoms with Crippen molar-refractivity contribution in [2.75, 3.05) is 11.5 Å². The molecular formula is C25H20ClF3N4O3S. The Labute approximate surface area is 215 Å². The monoisotopic (exact) mass is 548 g/mol. The van der Waals surface area contributed by atoms with Crippen LogP contribution in [0, 0.1) is 6.92 Å². The number of hydrogen-bond acceptors (Lipinski definition) is 5. The molecule has 1 saturated heterocycles. The Hall–Kier alpha value is -3.44. The summed E-state index contributed by atoms with van der Waals surface area (Å²) in [5.74, 6) is -0.660. The first-order valence-electron chi connectivity index (χ1n) is 11.3. The fourth-order valence-electron chi connectivity index (χ4n) is 4.49. The van der Waals surface area contributed by atoms with Gasteiger partial charge in [0.15, 0.2) is 15.5 Å². The van der Waals surface area contributed by atoms with Crippen molar-refractivity contribution in [1.29, 1.82) is 0 Å². The molecule has 12 heteroatoms. The Kier molecular flexibility index (Phi) is 6.23. The lowest BCUT2D eigenvalue weighted by Gasteiger charge is -2.15. The quantitative estimate of drug-likeness (QED) is 0.389. The average Bonchev–Trinajstić information content (AvgIpc) is 3.35. The van der Waals surface area contributed by atoms with E-state index in [-0.39, 0.29) is 22.7 Å². The van der Waals surface area contributed by atoms with Gasteiger partial charge in [-0.1, -0.05) is 41.9 Å². The number of hydrogen-bond donors (Lipinski definition) is 1. The van der Waals surface area contributed by atoms with Crippen molar-refractivity contribution < 1.29 is 26.4 Å². The fraction of sp³-hybridized carbons (Fsp3) is 0.240. The number of amides is 1. The second-order valence-corrected chi connectivity index (χ2v) is 11.5. The molecule has 0 spiro atoms. The summed E-state index contributed by atoms with van der Waals surface area (Å²) in [7, 11) is -3.20. The maximum absolute atomic E-state index is 13.2. The van der Waals surface area contributed by atoms with Gasteiger partial charge in [0, 0.05) is 34.0 Å². The predicted octanol–water partition coefficient (Wildman–Crippen LogP) is 4.96. The molecule has 5 rings (SSSR count). The molecule has 0 aliphatic carbocycles. The fourth-order valence-corrected chi connectivity index (χ4v) is 6.41. The van der Waals surface area contributed by atoms with Crippen LogP contribution in [0.15, 0.2) is 54.7 Å². The zero-order valence-electron chi connectivity index (χ0n) is 19.4. The van der Waals surface area contributed by atoms with E-state index in [0.29, 0.717) is 39.5 Å². The van der Waals surface area contributed by atoms with E-state index in [9.17, 15) is 26.4 Å². The molecule has 0 radical (unpaired) electrons. The van der Waals surface area contributed by atoms with Crippen molar-refractivity contribution in [3.05, 3.63) is 76.6 Å². The maximum Gasteiger partial charge on any atom is 0.416 e. The molecule has 37 heavy (non-hydrogen) atoms. The van der Waals surface area contributed by atoms with Gasteiger partial charge in [-0.3, -0.25) is 4.79 Å². The van der Waals surface area contributed by atoms with E-state index in [4.69, 9.17) is 11.6 Å². The van der Waals surface area contributed by atoms with Gasteiger partial charge in [-0.05, 0) is 31.5 Å². The van der Waals surface area contributed by atoms with Crippen LogP contribution in [-0.2, 0) is 16.0 Å². The number of nitrogens with zero attached hydrogens (tertiary/aromatic N) is 3. The van der Waals surface area contributed by atoms with Crippen LogP contribution in [0.25, 0.3) is 28.0 Å². The summed E-state index contributed by atoms with van der Waals surface area (Å²) in [6.45, 7) is 1.61. The predicted molar refractivity (Wildman–Crippen MR) is 133 cm³/mol. The standard InChI is InChI=1S/C25H20ClF3N4O3S/c1-14-21(24(34)31-17-10-11-37(35,36)13-17)23-30-12-19(18-4-2-3-5-20(18)26)22(33(23)32-14)15-6-8-16(9-7-15)25(27,28)29/h2-9,12,17H,10-11,13H2,1H3,(H,31,34). The van der Waals surface area contributed by atoms with Crippen molar-refractivity contribution in [1.82, 2.24) is 19.9 Å². The first-order chi connectivity index (χ1) is 17.4. The van der Waals surface area contributed by atoms with Gasteiger partial charge in [-0.15, -0.1) is 0 Å². The highest BCUT2D eigenvalue weighted by molar-refractivity contribution is 7.91. The zero-order valence-corrected chi connectivity index (χ0v) is 21.0. The molecule has 0 bridgehead atoms. The molecule has 0 saturated carbocycles. The van der Waals surface area contributed by atoms with Crippen LogP contribution in [0.5, 0.6) is 0 Å². The van der Waals surface area contributed by atoms with Gasteiger partial charge in [0.1, 0.15) is 5.56 Å². The van der Waals surface area contributed by atoms with Gasteiger partial charge in [0.05, 0.1) is 28.5 Å². The normalized spacial score (nSPS) is 17.3. The van der Waals surface area contributed by atoms with Crippen LogP contribution in [0.2, 0.25) is 5.02 Å². The van der Waals surface area contributed by atoms with E-state index in [0.717, 1.165) is 12.1 Å². The van der Waals surface area contributed by atoms with Gasteiger partial charge < -0.3 is 5.32 Å². The number of rotatable bonds is 4. The van der Waals surface area contributed by atoms with Gasteiger partial charge >= 0.3 is 6.18 Å². The second kappa shape index (κ2) is 9.14. The number of alkyl halides is 3. The first kappa shape index (κ1) is 25.2. The zero-order chi connectivity index (χ0) is 26.5. The number of fused-ring (bicyclic) bond motifs is 1. The van der Waals surface area contributed by atoms with Gasteiger partial charge in [-0.2, -0.15) is 18.3 Å². The summed E-state index contributed by atoms with van der Waals surface area (Å²) in [4.78, 5) is 17.6. The topological polar surface area (TPSA) is 93.4 Å². The summed E-state index contributed by atoms with van der Waals surface area (Å²) < 4.78 is 64.7. The highest BCUT2D eigenvalue weighted by atomic mass is 35.5. The molecule has 192 valence electrons. The molecular weight excluding hydrogens is 529 g/mol. The van der Waals surface area contributed by atoms with E-state index >= 15 is 0 Å². The van der Waals surface area contributed by atoms with Crippen molar-refractivity contribution in [2.24, 2.45) is 0 Å². The summed E-state index contributed by atoms with van der Waals surface area (Å²) in [6, 6.07) is 11.0. The van der Waals surface area contributed by atoms with Crippen LogP contribution < -0.4 is 5.32 Å². The minimum atomic E-state index is -4.50. The van der Waals surface area contributed by atoms with Gasteiger partial charge in [0.25, 0.3) is 5.91 Å². The Morgan fingerprint density at radius 1 is 1.11 bits per heavy atom. The van der Waals surface area contributed by atoms with Crippen molar-refractivity contribution in [3.63, 3.8) is 0 Å². The molecule has 1 atom stereocenters. The van der Waals surface area contributed by atoms with E-state index in [1.807, 2.05) is 0 Å². The van der Waals surface area contributed by atoms with Crippen molar-refractivity contribution in [3.8, 4) is 22.4 Å². The number of nitrogens with one attached hydrogen (secondary N) is 1. The molecule has 1 fully saturated rings. The molecule has 1 aliphatic heterocycles. The number of aryl methyl sites for hydroxylation is 1. The molecule has 1 aliphatic rings. The number of sulfone groups is 1. The van der Waals surface area contributed by atoms with E-state index < -0.39 is 33.5 Å². The third-order valence-electron chi connectivity index (χ3n) is 6.26. The van der Waals surface area contributed by atoms with Crippen LogP contribution in [-0.4, -0.2) is 46.5 Å². The molecule has 7 nitrogen and oxygen atoms in total. The van der Waals surface area contributed by atoms with Crippen LogP contribution in [0.1, 0.15) is 28.0 Å². The SMILES string of the molecule is Cc1nn2c(-c3ccc(C(F)(F)F)cc3)c(-c3ccccc3Cl)cnc2c1C(=O)NC1CCS(=O)(=O)C1. The third-order valence-corrected chi connectivity index (χ3v) is 8.36. The number of carbonyl (C=O) groups excluding carboxylic acids is 1. The second-order valence-electron chi connectivity index (χ2n) is 8.84. The summed E-state index contributed by atoms with van der Waals surface area (Å²) in [5.41, 5.74) is 1.77. The summed E-state index contributed by atoms with van der Waals surface area (Å²) in [5, 5.41) is 7.67. The van der Waals surface area contributed by atoms with Crippen LogP contribution in [0.3, 0.4) is 0 Å².